The van der Waals surface area contributed by atoms with Crippen LogP contribution in [0.1, 0.15) is 48.8 Å². The third-order valence-electron chi connectivity index (χ3n) is 3.26. The molecule has 18 heavy (non-hydrogen) atoms. The Balaban J connectivity index is 2.59. The number of fused-ring (bicyclic) bond motifs is 1. The minimum atomic E-state index is 0.104. The first-order valence-corrected chi connectivity index (χ1v) is 6.59. The molecular formula is C16H19NO. The molecular weight excluding hydrogens is 222 g/mol. The lowest BCUT2D eigenvalue weighted by Crippen LogP contribution is -1.99. The molecule has 0 radical (unpaired) electrons. The molecule has 0 N–H and O–H groups in total. The molecule has 1 aromatic carbocycles. The van der Waals surface area contributed by atoms with Gasteiger partial charge in [-0.2, -0.15) is 0 Å². The lowest BCUT2D eigenvalue weighted by atomic mass is 10.0. The summed E-state index contributed by atoms with van der Waals surface area (Å²) in [4.78, 5) is 16.1. The van der Waals surface area contributed by atoms with Crippen molar-refractivity contribution in [1.29, 1.82) is 0 Å². The Labute approximate surface area is 108 Å². The van der Waals surface area contributed by atoms with Gasteiger partial charge in [0.05, 0.1) is 5.52 Å². The summed E-state index contributed by atoms with van der Waals surface area (Å²) in [5.41, 5.74) is 4.24. The molecule has 0 aliphatic heterocycles. The van der Waals surface area contributed by atoms with E-state index in [1.807, 2.05) is 18.2 Å². The molecule has 2 aromatic rings. The van der Waals surface area contributed by atoms with Crippen molar-refractivity contribution in [3.05, 3.63) is 41.1 Å². The monoisotopic (exact) mass is 241 g/mol. The summed E-state index contributed by atoms with van der Waals surface area (Å²) in [7, 11) is 0. The molecule has 0 atom stereocenters. The van der Waals surface area contributed by atoms with E-state index < -0.39 is 0 Å². The van der Waals surface area contributed by atoms with Crippen molar-refractivity contribution < 1.29 is 4.79 Å². The van der Waals surface area contributed by atoms with Crippen LogP contribution in [0.4, 0.5) is 0 Å². The molecule has 2 heteroatoms. The standard InChI is InChI=1S/C16H19NO/c1-4-6-15-12(5-2)9-14-10-13(11(3)18)7-8-16(14)17-15/h7-10H,4-6H2,1-3H3. The third kappa shape index (κ3) is 2.42. The maximum Gasteiger partial charge on any atom is 0.159 e. The smallest absolute Gasteiger partial charge is 0.159 e. The van der Waals surface area contributed by atoms with Crippen LogP contribution in [0.25, 0.3) is 10.9 Å². The first kappa shape index (κ1) is 12.7. The van der Waals surface area contributed by atoms with Crippen LogP contribution in [-0.2, 0) is 12.8 Å². The van der Waals surface area contributed by atoms with Gasteiger partial charge in [0.1, 0.15) is 0 Å². The molecule has 0 amide bonds. The zero-order chi connectivity index (χ0) is 13.1. The van der Waals surface area contributed by atoms with Crippen molar-refractivity contribution in [2.75, 3.05) is 0 Å². The number of hydrogen-bond donors (Lipinski definition) is 0. The first-order valence-electron chi connectivity index (χ1n) is 6.59. The Morgan fingerprint density at radius 2 is 2.00 bits per heavy atom. The summed E-state index contributed by atoms with van der Waals surface area (Å²) in [6.45, 7) is 5.92. The fourth-order valence-electron chi connectivity index (χ4n) is 2.24. The van der Waals surface area contributed by atoms with Crippen LogP contribution < -0.4 is 0 Å². The van der Waals surface area contributed by atoms with Gasteiger partial charge in [-0.25, -0.2) is 0 Å². The van der Waals surface area contributed by atoms with Gasteiger partial charge in [-0.1, -0.05) is 20.3 Å². The fourth-order valence-corrected chi connectivity index (χ4v) is 2.24. The highest BCUT2D eigenvalue weighted by Gasteiger charge is 2.07. The zero-order valence-electron chi connectivity index (χ0n) is 11.3. The lowest BCUT2D eigenvalue weighted by Gasteiger charge is -2.09. The van der Waals surface area contributed by atoms with Crippen LogP contribution in [0.15, 0.2) is 24.3 Å². The molecule has 1 heterocycles. The van der Waals surface area contributed by atoms with E-state index in [0.717, 1.165) is 35.7 Å². The number of carbonyl (C=O) groups excluding carboxylic acids is 1. The zero-order valence-corrected chi connectivity index (χ0v) is 11.3. The van der Waals surface area contributed by atoms with Gasteiger partial charge in [0, 0.05) is 16.6 Å². The number of rotatable bonds is 4. The number of pyridine rings is 1. The van der Waals surface area contributed by atoms with E-state index in [-0.39, 0.29) is 5.78 Å². The number of Topliss-reactive ketones (excluding diaryl/α,β-unsaturated/α-hetero) is 1. The molecule has 2 nitrogen and oxygen atoms in total. The Morgan fingerprint density at radius 3 is 2.61 bits per heavy atom. The summed E-state index contributed by atoms with van der Waals surface area (Å²) < 4.78 is 0. The van der Waals surface area contributed by atoms with Gasteiger partial charge in [-0.3, -0.25) is 9.78 Å². The molecule has 0 fully saturated rings. The van der Waals surface area contributed by atoms with Crippen LogP contribution in [0.5, 0.6) is 0 Å². The normalized spacial score (nSPS) is 10.8. The molecule has 0 spiro atoms. The Kier molecular flexibility index (Phi) is 3.75. The van der Waals surface area contributed by atoms with Crippen LogP contribution >= 0.6 is 0 Å². The van der Waals surface area contributed by atoms with E-state index in [1.165, 1.54) is 11.3 Å². The van der Waals surface area contributed by atoms with Gasteiger partial charge in [-0.05, 0) is 49.6 Å². The van der Waals surface area contributed by atoms with Crippen molar-refractivity contribution in [3.63, 3.8) is 0 Å². The van der Waals surface area contributed by atoms with Crippen molar-refractivity contribution in [2.45, 2.75) is 40.0 Å². The van der Waals surface area contributed by atoms with E-state index in [0.29, 0.717) is 0 Å². The second-order valence-electron chi connectivity index (χ2n) is 4.66. The quantitative estimate of drug-likeness (QED) is 0.758. The fraction of sp³-hybridized carbons (Fsp3) is 0.375. The molecule has 0 unspecified atom stereocenters. The van der Waals surface area contributed by atoms with E-state index in [9.17, 15) is 4.79 Å². The minimum absolute atomic E-state index is 0.104. The van der Waals surface area contributed by atoms with E-state index in [4.69, 9.17) is 4.98 Å². The number of hydrogen-bond acceptors (Lipinski definition) is 2. The van der Waals surface area contributed by atoms with E-state index in [2.05, 4.69) is 19.9 Å². The summed E-state index contributed by atoms with van der Waals surface area (Å²) in [6.07, 6.45) is 3.12. The largest absolute Gasteiger partial charge is 0.295 e. The number of nitrogens with zero attached hydrogens (tertiary/aromatic N) is 1. The maximum atomic E-state index is 11.4. The van der Waals surface area contributed by atoms with Gasteiger partial charge in [0.25, 0.3) is 0 Å². The highest BCUT2D eigenvalue weighted by Crippen LogP contribution is 2.20. The molecule has 94 valence electrons. The molecule has 0 bridgehead atoms. The van der Waals surface area contributed by atoms with E-state index in [1.54, 1.807) is 6.92 Å². The van der Waals surface area contributed by atoms with Crippen LogP contribution in [-0.4, -0.2) is 10.8 Å². The minimum Gasteiger partial charge on any atom is -0.295 e. The number of carbonyl (C=O) groups is 1. The predicted molar refractivity (Wildman–Crippen MR) is 75.1 cm³/mol. The van der Waals surface area contributed by atoms with Crippen LogP contribution in [0.2, 0.25) is 0 Å². The summed E-state index contributed by atoms with van der Waals surface area (Å²) in [5, 5.41) is 1.07. The number of ketones is 1. The van der Waals surface area contributed by atoms with Gasteiger partial charge >= 0.3 is 0 Å². The van der Waals surface area contributed by atoms with Crippen molar-refractivity contribution in [1.82, 2.24) is 4.98 Å². The van der Waals surface area contributed by atoms with Crippen LogP contribution in [0, 0.1) is 0 Å². The van der Waals surface area contributed by atoms with Gasteiger partial charge in [0.2, 0.25) is 0 Å². The average Bonchev–Trinajstić information content (AvgIpc) is 2.37. The van der Waals surface area contributed by atoms with Gasteiger partial charge in [-0.15, -0.1) is 0 Å². The number of benzene rings is 1. The van der Waals surface area contributed by atoms with Crippen molar-refractivity contribution >= 4 is 16.7 Å². The average molecular weight is 241 g/mol. The third-order valence-corrected chi connectivity index (χ3v) is 3.26. The Morgan fingerprint density at radius 1 is 1.22 bits per heavy atom. The molecule has 0 saturated heterocycles. The van der Waals surface area contributed by atoms with Gasteiger partial charge < -0.3 is 0 Å². The summed E-state index contributed by atoms with van der Waals surface area (Å²) >= 11 is 0. The highest BCUT2D eigenvalue weighted by atomic mass is 16.1. The maximum absolute atomic E-state index is 11.4. The summed E-state index contributed by atoms with van der Waals surface area (Å²) in [6, 6.07) is 7.93. The Bertz CT molecular complexity index is 587. The molecule has 2 rings (SSSR count). The second-order valence-corrected chi connectivity index (χ2v) is 4.66. The highest BCUT2D eigenvalue weighted by molar-refractivity contribution is 5.97. The topological polar surface area (TPSA) is 30.0 Å². The predicted octanol–water partition coefficient (Wildman–Crippen LogP) is 3.95. The molecule has 0 aliphatic carbocycles. The van der Waals surface area contributed by atoms with Gasteiger partial charge in [0.15, 0.2) is 5.78 Å². The number of aryl methyl sites for hydroxylation is 2. The molecule has 0 saturated carbocycles. The summed E-state index contributed by atoms with van der Waals surface area (Å²) in [5.74, 6) is 0.104. The second kappa shape index (κ2) is 5.30. The van der Waals surface area contributed by atoms with Crippen LogP contribution in [0.3, 0.4) is 0 Å². The first-order chi connectivity index (χ1) is 8.65. The Hall–Kier alpha value is -1.70. The van der Waals surface area contributed by atoms with E-state index >= 15 is 0 Å². The SMILES string of the molecule is CCCc1nc2ccc(C(C)=O)cc2cc1CC. The van der Waals surface area contributed by atoms with Crippen molar-refractivity contribution in [3.8, 4) is 0 Å². The molecule has 1 aromatic heterocycles. The number of aromatic nitrogens is 1. The van der Waals surface area contributed by atoms with Crippen molar-refractivity contribution in [2.24, 2.45) is 0 Å². The molecule has 0 aliphatic rings. The lowest BCUT2D eigenvalue weighted by molar-refractivity contribution is 0.101.